The SMILES string of the molecule is Clc1ccccc1Nc1nccc(Nc2ccc(Br)cc2)n1. The maximum Gasteiger partial charge on any atom is 0.229 e. The van der Waals surface area contributed by atoms with Gasteiger partial charge in [0.05, 0.1) is 10.7 Å². The van der Waals surface area contributed by atoms with E-state index in [1.54, 1.807) is 12.3 Å². The molecular weight excluding hydrogens is 364 g/mol. The van der Waals surface area contributed by atoms with E-state index in [0.717, 1.165) is 15.8 Å². The molecule has 0 aliphatic carbocycles. The van der Waals surface area contributed by atoms with Gasteiger partial charge < -0.3 is 10.6 Å². The second-order valence-electron chi connectivity index (χ2n) is 4.50. The molecular formula is C16H12BrClN4. The van der Waals surface area contributed by atoms with Crippen LogP contribution in [0.1, 0.15) is 0 Å². The molecule has 0 atom stereocenters. The maximum atomic E-state index is 6.12. The fourth-order valence-corrected chi connectivity index (χ4v) is 2.30. The molecule has 0 aliphatic heterocycles. The molecule has 0 fully saturated rings. The number of hydrogen-bond acceptors (Lipinski definition) is 4. The minimum Gasteiger partial charge on any atom is -0.340 e. The van der Waals surface area contributed by atoms with E-state index in [2.05, 4.69) is 36.5 Å². The van der Waals surface area contributed by atoms with Gasteiger partial charge in [-0.1, -0.05) is 39.7 Å². The monoisotopic (exact) mass is 374 g/mol. The average molecular weight is 376 g/mol. The lowest BCUT2D eigenvalue weighted by molar-refractivity contribution is 1.17. The van der Waals surface area contributed by atoms with Gasteiger partial charge in [0.25, 0.3) is 0 Å². The van der Waals surface area contributed by atoms with Crippen molar-refractivity contribution < 1.29 is 0 Å². The summed E-state index contributed by atoms with van der Waals surface area (Å²) in [5, 5.41) is 6.96. The molecule has 1 heterocycles. The van der Waals surface area contributed by atoms with Gasteiger partial charge in [-0.3, -0.25) is 0 Å². The van der Waals surface area contributed by atoms with Gasteiger partial charge in [-0.05, 0) is 42.5 Å². The molecule has 3 rings (SSSR count). The predicted molar refractivity (Wildman–Crippen MR) is 94.2 cm³/mol. The first-order chi connectivity index (χ1) is 10.7. The van der Waals surface area contributed by atoms with Crippen LogP contribution in [-0.4, -0.2) is 9.97 Å². The number of nitrogens with one attached hydrogen (secondary N) is 2. The molecule has 6 heteroatoms. The Morgan fingerprint density at radius 2 is 1.68 bits per heavy atom. The fraction of sp³-hybridized carbons (Fsp3) is 0. The normalized spacial score (nSPS) is 10.3. The Hall–Kier alpha value is -2.11. The molecule has 3 aromatic rings. The number of rotatable bonds is 4. The van der Waals surface area contributed by atoms with Crippen LogP contribution < -0.4 is 10.6 Å². The molecule has 0 spiro atoms. The third-order valence-electron chi connectivity index (χ3n) is 2.89. The van der Waals surface area contributed by atoms with E-state index in [4.69, 9.17) is 11.6 Å². The van der Waals surface area contributed by atoms with Crippen LogP contribution in [0.15, 0.2) is 65.3 Å². The summed E-state index contributed by atoms with van der Waals surface area (Å²) in [6.45, 7) is 0. The second-order valence-corrected chi connectivity index (χ2v) is 5.83. The van der Waals surface area contributed by atoms with Crippen molar-refractivity contribution in [1.29, 1.82) is 0 Å². The smallest absolute Gasteiger partial charge is 0.229 e. The summed E-state index contributed by atoms with van der Waals surface area (Å²) in [7, 11) is 0. The van der Waals surface area contributed by atoms with Gasteiger partial charge >= 0.3 is 0 Å². The minimum absolute atomic E-state index is 0.482. The van der Waals surface area contributed by atoms with Crippen molar-refractivity contribution in [3.8, 4) is 0 Å². The Morgan fingerprint density at radius 1 is 0.909 bits per heavy atom. The summed E-state index contributed by atoms with van der Waals surface area (Å²) in [6.07, 6.45) is 1.69. The van der Waals surface area contributed by atoms with Crippen molar-refractivity contribution in [3.05, 3.63) is 70.3 Å². The van der Waals surface area contributed by atoms with Crippen molar-refractivity contribution >= 4 is 50.7 Å². The van der Waals surface area contributed by atoms with E-state index in [1.165, 1.54) is 0 Å². The van der Waals surface area contributed by atoms with Crippen LogP contribution in [0, 0.1) is 0 Å². The summed E-state index contributed by atoms with van der Waals surface area (Å²) >= 11 is 9.53. The number of aromatic nitrogens is 2. The molecule has 110 valence electrons. The van der Waals surface area contributed by atoms with E-state index in [-0.39, 0.29) is 0 Å². The van der Waals surface area contributed by atoms with Crippen LogP contribution in [0.25, 0.3) is 0 Å². The Labute approximate surface area is 141 Å². The molecule has 1 aromatic heterocycles. The lowest BCUT2D eigenvalue weighted by Gasteiger charge is -2.09. The zero-order chi connectivity index (χ0) is 15.4. The highest BCUT2D eigenvalue weighted by Crippen LogP contribution is 2.24. The summed E-state index contributed by atoms with van der Waals surface area (Å²) in [4.78, 5) is 8.63. The number of anilines is 4. The van der Waals surface area contributed by atoms with Gasteiger partial charge in [0.2, 0.25) is 5.95 Å². The van der Waals surface area contributed by atoms with Gasteiger partial charge in [-0.25, -0.2) is 4.98 Å². The molecule has 0 radical (unpaired) electrons. The summed E-state index contributed by atoms with van der Waals surface area (Å²) in [6, 6.07) is 17.1. The van der Waals surface area contributed by atoms with Crippen LogP contribution in [0.2, 0.25) is 5.02 Å². The number of halogens is 2. The van der Waals surface area contributed by atoms with Gasteiger partial charge in [-0.15, -0.1) is 0 Å². The van der Waals surface area contributed by atoms with E-state index in [0.29, 0.717) is 16.8 Å². The number of benzene rings is 2. The third kappa shape index (κ3) is 3.75. The third-order valence-corrected chi connectivity index (χ3v) is 3.75. The largest absolute Gasteiger partial charge is 0.340 e. The molecule has 0 amide bonds. The molecule has 4 nitrogen and oxygen atoms in total. The standard InChI is InChI=1S/C16H12BrClN4/c17-11-5-7-12(8-6-11)20-15-9-10-19-16(22-15)21-14-4-2-1-3-13(14)18/h1-10H,(H2,19,20,21,22). The lowest BCUT2D eigenvalue weighted by atomic mass is 10.3. The average Bonchev–Trinajstić information content (AvgIpc) is 2.52. The summed E-state index contributed by atoms with van der Waals surface area (Å²) < 4.78 is 1.03. The van der Waals surface area contributed by atoms with Gasteiger partial charge in [0.1, 0.15) is 5.82 Å². The Kier molecular flexibility index (Phi) is 4.56. The number of para-hydroxylation sites is 1. The van der Waals surface area contributed by atoms with E-state index in [1.807, 2.05) is 48.5 Å². The fourth-order valence-electron chi connectivity index (χ4n) is 1.85. The van der Waals surface area contributed by atoms with Gasteiger partial charge in [-0.2, -0.15) is 4.98 Å². The second kappa shape index (κ2) is 6.77. The Bertz CT molecular complexity index is 777. The minimum atomic E-state index is 0.482. The van der Waals surface area contributed by atoms with Crippen molar-refractivity contribution in [2.24, 2.45) is 0 Å². The molecule has 22 heavy (non-hydrogen) atoms. The molecule has 0 saturated carbocycles. The zero-order valence-electron chi connectivity index (χ0n) is 11.4. The van der Waals surface area contributed by atoms with Crippen LogP contribution in [0.3, 0.4) is 0 Å². The molecule has 2 aromatic carbocycles. The first-order valence-electron chi connectivity index (χ1n) is 6.58. The van der Waals surface area contributed by atoms with Gasteiger partial charge in [0, 0.05) is 16.4 Å². The summed E-state index contributed by atoms with van der Waals surface area (Å²) in [5.41, 5.74) is 1.72. The number of nitrogens with zero attached hydrogens (tertiary/aromatic N) is 2. The van der Waals surface area contributed by atoms with Crippen LogP contribution in [0.5, 0.6) is 0 Å². The molecule has 0 aliphatic rings. The Balaban J connectivity index is 1.78. The zero-order valence-corrected chi connectivity index (χ0v) is 13.8. The first kappa shape index (κ1) is 14.8. The Morgan fingerprint density at radius 3 is 2.45 bits per heavy atom. The predicted octanol–water partition coefficient (Wildman–Crippen LogP) is 5.38. The van der Waals surface area contributed by atoms with Crippen molar-refractivity contribution in [1.82, 2.24) is 9.97 Å². The van der Waals surface area contributed by atoms with Crippen LogP contribution in [0.4, 0.5) is 23.1 Å². The van der Waals surface area contributed by atoms with Crippen LogP contribution in [-0.2, 0) is 0 Å². The van der Waals surface area contributed by atoms with Crippen LogP contribution >= 0.6 is 27.5 Å². The lowest BCUT2D eigenvalue weighted by Crippen LogP contribution is -2.00. The van der Waals surface area contributed by atoms with Crippen molar-refractivity contribution in [2.45, 2.75) is 0 Å². The number of hydrogen-bond donors (Lipinski definition) is 2. The molecule has 0 saturated heterocycles. The molecule has 2 N–H and O–H groups in total. The topological polar surface area (TPSA) is 49.8 Å². The van der Waals surface area contributed by atoms with Crippen molar-refractivity contribution in [3.63, 3.8) is 0 Å². The maximum absolute atomic E-state index is 6.12. The highest BCUT2D eigenvalue weighted by Gasteiger charge is 2.03. The quantitative estimate of drug-likeness (QED) is 0.643. The van der Waals surface area contributed by atoms with E-state index < -0.39 is 0 Å². The molecule has 0 unspecified atom stereocenters. The van der Waals surface area contributed by atoms with E-state index >= 15 is 0 Å². The van der Waals surface area contributed by atoms with Crippen molar-refractivity contribution in [2.75, 3.05) is 10.6 Å². The highest BCUT2D eigenvalue weighted by atomic mass is 79.9. The summed E-state index contributed by atoms with van der Waals surface area (Å²) in [5.74, 6) is 1.18. The van der Waals surface area contributed by atoms with Gasteiger partial charge in [0.15, 0.2) is 0 Å². The highest BCUT2D eigenvalue weighted by molar-refractivity contribution is 9.10. The van der Waals surface area contributed by atoms with E-state index in [9.17, 15) is 0 Å². The first-order valence-corrected chi connectivity index (χ1v) is 7.75. The molecule has 0 bridgehead atoms.